The van der Waals surface area contributed by atoms with Gasteiger partial charge < -0.3 is 47.4 Å². The van der Waals surface area contributed by atoms with Crippen LogP contribution in [0.3, 0.4) is 0 Å². The number of allylic oxidation sites excluding steroid dienone is 1. The van der Waals surface area contributed by atoms with Crippen molar-refractivity contribution in [2.24, 2.45) is 5.11 Å². The minimum absolute atomic E-state index is 0.0263. The van der Waals surface area contributed by atoms with Crippen LogP contribution in [0, 0.1) is 0 Å². The largest absolute Gasteiger partial charge is 0.467 e. The molecule has 0 amide bonds. The van der Waals surface area contributed by atoms with Gasteiger partial charge in [-0.3, -0.25) is 19.1 Å². The smallest absolute Gasteiger partial charge is 0.339 e. The minimum atomic E-state index is -2.07. The minimum Gasteiger partial charge on any atom is -0.467 e. The Morgan fingerprint density at radius 2 is 1.67 bits per heavy atom. The first-order chi connectivity index (χ1) is 24.4. The summed E-state index contributed by atoms with van der Waals surface area (Å²) in [6, 6.07) is 8.00. The Morgan fingerprint density at radius 3 is 2.29 bits per heavy atom. The molecule has 3 aliphatic heterocycles. The summed E-state index contributed by atoms with van der Waals surface area (Å²) in [5, 5.41) is 3.96. The molecule has 280 valence electrons. The van der Waals surface area contributed by atoms with Crippen LogP contribution in [0.4, 0.5) is 0 Å². The highest BCUT2D eigenvalue weighted by Crippen LogP contribution is 2.42. The number of rotatable bonds is 16. The summed E-state index contributed by atoms with van der Waals surface area (Å²) in [4.78, 5) is 52.0. The van der Waals surface area contributed by atoms with E-state index in [1.54, 1.807) is 6.08 Å². The Labute approximate surface area is 294 Å². The number of hydrogen-bond donors (Lipinski definition) is 0. The fraction of sp³-hybridized carbons (Fsp3) is 0.636. The van der Waals surface area contributed by atoms with Crippen molar-refractivity contribution >= 4 is 23.9 Å². The molecule has 1 unspecified atom stereocenters. The van der Waals surface area contributed by atoms with Gasteiger partial charge in [-0.05, 0) is 23.9 Å². The Morgan fingerprint density at radius 1 is 0.961 bits per heavy atom. The van der Waals surface area contributed by atoms with Crippen LogP contribution < -0.4 is 0 Å². The number of carbonyl (C=O) groups excluding carboxylic acids is 4. The number of azide groups is 1. The maximum atomic E-state index is 12.8. The van der Waals surface area contributed by atoms with Crippen molar-refractivity contribution in [1.29, 1.82) is 0 Å². The van der Waals surface area contributed by atoms with Gasteiger partial charge in [0.25, 0.3) is 5.97 Å². The van der Waals surface area contributed by atoms with Crippen LogP contribution in [0.5, 0.6) is 0 Å². The average Bonchev–Trinajstić information content (AvgIpc) is 3.42. The number of carbonyl (C=O) groups is 4. The van der Waals surface area contributed by atoms with Gasteiger partial charge in [-0.2, -0.15) is 0 Å². The molecule has 0 bridgehead atoms. The van der Waals surface area contributed by atoms with Crippen LogP contribution >= 0.6 is 0 Å². The molecule has 0 aliphatic carbocycles. The van der Waals surface area contributed by atoms with E-state index in [-0.39, 0.29) is 19.8 Å². The molecule has 4 rings (SSSR count). The average molecular weight is 722 g/mol. The number of nitrogens with zero attached hydrogens (tertiary/aromatic N) is 3. The van der Waals surface area contributed by atoms with Crippen LogP contribution in [0.25, 0.3) is 10.4 Å². The molecule has 0 radical (unpaired) electrons. The molecular formula is C33H43N3O15. The van der Waals surface area contributed by atoms with Gasteiger partial charge in [-0.1, -0.05) is 41.5 Å². The van der Waals surface area contributed by atoms with E-state index in [2.05, 4.69) is 16.6 Å². The SMILES string of the molecule is C=CCCCO[C@@H]1O[C@H](COC(C)=O)[C@@H](OC2(C)O[C@H]3O[C@H](C(=O)OC)[C@@H](OC(C)=O)[C@H](OC(C)=O)[C@H]3O2)[C@H](OCc2ccccc2)[C@H]1N=[N+]=[N-]. The van der Waals surface area contributed by atoms with Crippen molar-refractivity contribution < 1.29 is 71.3 Å². The van der Waals surface area contributed by atoms with E-state index >= 15 is 0 Å². The normalized spacial score (nSPS) is 32.8. The van der Waals surface area contributed by atoms with Gasteiger partial charge >= 0.3 is 23.9 Å². The van der Waals surface area contributed by atoms with E-state index in [1.165, 1.54) is 13.8 Å². The van der Waals surface area contributed by atoms with Crippen LogP contribution in [-0.4, -0.2) is 112 Å². The summed E-state index contributed by atoms with van der Waals surface area (Å²) < 4.78 is 64.2. The van der Waals surface area contributed by atoms with Crippen molar-refractivity contribution in [1.82, 2.24) is 0 Å². The Balaban J connectivity index is 1.71. The van der Waals surface area contributed by atoms with Gasteiger partial charge in [0.2, 0.25) is 0 Å². The first-order valence-corrected chi connectivity index (χ1v) is 16.2. The fourth-order valence-corrected chi connectivity index (χ4v) is 5.84. The van der Waals surface area contributed by atoms with E-state index in [0.717, 1.165) is 26.5 Å². The predicted octanol–water partition coefficient (Wildman–Crippen LogP) is 2.76. The third-order valence-corrected chi connectivity index (χ3v) is 7.93. The molecule has 3 saturated heterocycles. The summed E-state index contributed by atoms with van der Waals surface area (Å²) >= 11 is 0. The Bertz CT molecular complexity index is 1430. The molecular weight excluding hydrogens is 678 g/mol. The molecule has 18 heteroatoms. The van der Waals surface area contributed by atoms with Gasteiger partial charge in [0.15, 0.2) is 37.0 Å². The van der Waals surface area contributed by atoms with Gasteiger partial charge in [0, 0.05) is 32.6 Å². The summed E-state index contributed by atoms with van der Waals surface area (Å²) in [7, 11) is 1.10. The van der Waals surface area contributed by atoms with E-state index in [9.17, 15) is 24.7 Å². The fourth-order valence-electron chi connectivity index (χ4n) is 5.84. The second kappa shape index (κ2) is 18.4. The lowest BCUT2D eigenvalue weighted by atomic mass is 9.96. The first-order valence-electron chi connectivity index (χ1n) is 16.2. The van der Waals surface area contributed by atoms with Crippen LogP contribution in [0.1, 0.15) is 46.1 Å². The Hall–Kier alpha value is -4.13. The number of esters is 4. The summed E-state index contributed by atoms with van der Waals surface area (Å²) in [5.41, 5.74) is 10.4. The van der Waals surface area contributed by atoms with Crippen LogP contribution in [0.2, 0.25) is 0 Å². The molecule has 1 aromatic carbocycles. The van der Waals surface area contributed by atoms with E-state index in [1.807, 2.05) is 30.3 Å². The summed E-state index contributed by atoms with van der Waals surface area (Å²) in [6.45, 7) is 8.39. The van der Waals surface area contributed by atoms with Gasteiger partial charge in [-0.15, -0.1) is 6.58 Å². The van der Waals surface area contributed by atoms with Crippen molar-refractivity contribution in [3.05, 3.63) is 59.0 Å². The molecule has 11 atom stereocenters. The molecule has 1 aromatic rings. The van der Waals surface area contributed by atoms with Crippen molar-refractivity contribution in [3.8, 4) is 0 Å². The zero-order chi connectivity index (χ0) is 37.1. The van der Waals surface area contributed by atoms with Gasteiger partial charge in [0.1, 0.15) is 31.0 Å². The van der Waals surface area contributed by atoms with Crippen molar-refractivity contribution in [2.75, 3.05) is 20.3 Å². The second-order valence-electron chi connectivity index (χ2n) is 11.8. The maximum Gasteiger partial charge on any atom is 0.339 e. The van der Waals surface area contributed by atoms with Crippen molar-refractivity contribution in [2.45, 2.75) is 114 Å². The highest BCUT2D eigenvalue weighted by Gasteiger charge is 2.62. The molecule has 0 aromatic heterocycles. The van der Waals surface area contributed by atoms with Crippen molar-refractivity contribution in [3.63, 3.8) is 0 Å². The molecule has 0 spiro atoms. The number of ether oxygens (including phenoxy) is 11. The second-order valence-corrected chi connectivity index (χ2v) is 11.8. The molecule has 3 heterocycles. The number of benzene rings is 1. The van der Waals surface area contributed by atoms with E-state index in [4.69, 9.17) is 52.1 Å². The van der Waals surface area contributed by atoms with Crippen LogP contribution in [0.15, 0.2) is 48.1 Å². The zero-order valence-corrected chi connectivity index (χ0v) is 28.9. The first kappa shape index (κ1) is 39.7. The standard InChI is InChI=1S/C33H43N3O15/c1-7-8-12-15-42-31-23(35-36-34)25(44-16-21-13-10-9-11-14-21)24(22(47-31)17-43-18(2)37)49-33(5)50-29-27(46-20(4)39)26(45-19(3)38)28(30(40)41-6)48-32(29)51-33/h7,9-11,13-14,22-29,31-32H,1,8,12,15-17H2,2-6H3/t22-,23-,24-,25-,26+,27+,28+,29-,31-,32-,33?/m1/s1. The van der Waals surface area contributed by atoms with E-state index in [0.29, 0.717) is 12.8 Å². The topological polar surface area (TPSA) is 219 Å². The highest BCUT2D eigenvalue weighted by atomic mass is 16.9. The lowest BCUT2D eigenvalue weighted by molar-refractivity contribution is -0.393. The molecule has 0 N–H and O–H groups in total. The van der Waals surface area contributed by atoms with Gasteiger partial charge in [-0.25, -0.2) is 4.79 Å². The number of unbranched alkanes of at least 4 members (excludes halogenated alkanes) is 1. The monoisotopic (exact) mass is 721 g/mol. The molecule has 3 fully saturated rings. The number of hydrogen-bond acceptors (Lipinski definition) is 16. The van der Waals surface area contributed by atoms with E-state index < -0.39 is 91.2 Å². The predicted molar refractivity (Wildman–Crippen MR) is 170 cm³/mol. The third-order valence-electron chi connectivity index (χ3n) is 7.93. The molecule has 18 nitrogen and oxygen atoms in total. The maximum absolute atomic E-state index is 12.8. The molecule has 3 aliphatic rings. The lowest BCUT2D eigenvalue weighted by Crippen LogP contribution is -2.62. The van der Waals surface area contributed by atoms with Gasteiger partial charge in [0.05, 0.1) is 20.3 Å². The third kappa shape index (κ3) is 10.5. The summed E-state index contributed by atoms with van der Waals surface area (Å²) in [5.74, 6) is -5.22. The number of methoxy groups -OCH3 is 1. The lowest BCUT2D eigenvalue weighted by Gasteiger charge is -2.46. The molecule has 0 saturated carbocycles. The quantitative estimate of drug-likeness (QED) is 0.0456. The zero-order valence-electron chi connectivity index (χ0n) is 28.9. The Kier molecular flexibility index (Phi) is 14.3. The highest BCUT2D eigenvalue weighted by molar-refractivity contribution is 5.77. The number of fused-ring (bicyclic) bond motifs is 1. The molecule has 51 heavy (non-hydrogen) atoms. The summed E-state index contributed by atoms with van der Waals surface area (Å²) in [6.07, 6.45) is -8.92. The van der Waals surface area contributed by atoms with Crippen LogP contribution in [-0.2, 0) is 77.9 Å².